The highest BCUT2D eigenvalue weighted by Gasteiger charge is 2.36. The largest absolute Gasteiger partial charge is 0.377 e. The highest BCUT2D eigenvalue weighted by molar-refractivity contribution is 5.90. The summed E-state index contributed by atoms with van der Waals surface area (Å²) in [6.07, 6.45) is 3.04. The Bertz CT molecular complexity index is 354. The van der Waals surface area contributed by atoms with Crippen molar-refractivity contribution < 1.29 is 14.3 Å². The molecule has 1 unspecified atom stereocenters. The first-order valence-corrected chi connectivity index (χ1v) is 7.51. The maximum absolute atomic E-state index is 12.6. The molecule has 2 heterocycles. The molecule has 0 radical (unpaired) electrons. The summed E-state index contributed by atoms with van der Waals surface area (Å²) >= 11 is 0. The van der Waals surface area contributed by atoms with Crippen LogP contribution in [-0.4, -0.2) is 61.1 Å². The Balaban J connectivity index is 2.01. The van der Waals surface area contributed by atoms with Gasteiger partial charge in [-0.3, -0.25) is 9.59 Å². The zero-order valence-corrected chi connectivity index (χ0v) is 12.4. The average Bonchev–Trinajstić information content (AvgIpc) is 2.46. The van der Waals surface area contributed by atoms with Gasteiger partial charge in [0.15, 0.2) is 0 Å². The fraction of sp³-hybridized carbons (Fsp3) is 0.857. The third-order valence-electron chi connectivity index (χ3n) is 3.75. The zero-order chi connectivity index (χ0) is 14.5. The molecule has 0 aliphatic carbocycles. The number of amides is 2. The lowest BCUT2D eigenvalue weighted by Gasteiger charge is -2.38. The van der Waals surface area contributed by atoms with Gasteiger partial charge < -0.3 is 20.3 Å². The van der Waals surface area contributed by atoms with E-state index >= 15 is 0 Å². The van der Waals surface area contributed by atoms with Gasteiger partial charge in [-0.1, -0.05) is 6.42 Å². The van der Waals surface area contributed by atoms with Gasteiger partial charge >= 0.3 is 0 Å². The van der Waals surface area contributed by atoms with E-state index < -0.39 is 6.04 Å². The minimum Gasteiger partial charge on any atom is -0.377 e. The second-order valence-corrected chi connectivity index (χ2v) is 5.79. The van der Waals surface area contributed by atoms with Gasteiger partial charge in [0.25, 0.3) is 0 Å². The lowest BCUT2D eigenvalue weighted by molar-refractivity contribution is -0.150. The molecule has 6 nitrogen and oxygen atoms in total. The van der Waals surface area contributed by atoms with E-state index in [2.05, 4.69) is 10.6 Å². The van der Waals surface area contributed by atoms with E-state index in [-0.39, 0.29) is 30.5 Å². The van der Waals surface area contributed by atoms with Gasteiger partial charge in [0.05, 0.1) is 19.3 Å². The number of carbonyl (C=O) groups is 2. The molecule has 2 atom stereocenters. The van der Waals surface area contributed by atoms with Gasteiger partial charge in [-0.25, -0.2) is 0 Å². The van der Waals surface area contributed by atoms with Crippen molar-refractivity contribution in [1.29, 1.82) is 0 Å². The van der Waals surface area contributed by atoms with E-state index in [0.29, 0.717) is 13.2 Å². The van der Waals surface area contributed by atoms with Gasteiger partial charge in [0.1, 0.15) is 6.04 Å². The predicted molar refractivity (Wildman–Crippen MR) is 75.2 cm³/mol. The van der Waals surface area contributed by atoms with Crippen LogP contribution in [0.25, 0.3) is 0 Å². The molecular weight excluding hydrogens is 258 g/mol. The summed E-state index contributed by atoms with van der Waals surface area (Å²) in [5, 5.41) is 6.12. The summed E-state index contributed by atoms with van der Waals surface area (Å²) in [4.78, 5) is 26.5. The molecule has 0 aromatic heterocycles. The molecule has 114 valence electrons. The minimum atomic E-state index is -0.498. The fourth-order valence-corrected chi connectivity index (χ4v) is 2.73. The SMILES string of the molecule is CC(C)NC(=O)C1COCCN1C(=O)[C@H]1CCCCN1. The maximum atomic E-state index is 12.6. The maximum Gasteiger partial charge on any atom is 0.245 e. The molecule has 2 rings (SSSR count). The number of ether oxygens (including phenoxy) is 1. The van der Waals surface area contributed by atoms with Crippen LogP contribution in [-0.2, 0) is 14.3 Å². The van der Waals surface area contributed by atoms with E-state index in [0.717, 1.165) is 25.8 Å². The molecule has 0 bridgehead atoms. The van der Waals surface area contributed by atoms with Gasteiger partial charge in [-0.2, -0.15) is 0 Å². The number of piperidine rings is 1. The molecule has 0 aromatic rings. The van der Waals surface area contributed by atoms with Crippen molar-refractivity contribution in [1.82, 2.24) is 15.5 Å². The van der Waals surface area contributed by atoms with E-state index in [1.807, 2.05) is 13.8 Å². The zero-order valence-electron chi connectivity index (χ0n) is 12.4. The van der Waals surface area contributed by atoms with E-state index in [4.69, 9.17) is 4.74 Å². The smallest absolute Gasteiger partial charge is 0.245 e. The number of nitrogens with zero attached hydrogens (tertiary/aromatic N) is 1. The average molecular weight is 283 g/mol. The standard InChI is InChI=1S/C14H25N3O3/c1-10(2)16-13(18)12-9-20-8-7-17(12)14(19)11-5-3-4-6-15-11/h10-12,15H,3-9H2,1-2H3,(H,16,18)/t11-,12?/m1/s1. The van der Waals surface area contributed by atoms with Crippen molar-refractivity contribution in [3.8, 4) is 0 Å². The molecule has 2 saturated heterocycles. The number of hydrogen-bond acceptors (Lipinski definition) is 4. The molecule has 0 aromatic carbocycles. The Kier molecular flexibility index (Phi) is 5.37. The monoisotopic (exact) mass is 283 g/mol. The number of rotatable bonds is 3. The lowest BCUT2D eigenvalue weighted by Crippen LogP contribution is -2.60. The molecule has 6 heteroatoms. The third kappa shape index (κ3) is 3.70. The normalized spacial score (nSPS) is 27.4. The van der Waals surface area contributed by atoms with Crippen LogP contribution in [0.5, 0.6) is 0 Å². The van der Waals surface area contributed by atoms with Crippen molar-refractivity contribution in [2.75, 3.05) is 26.3 Å². The number of morpholine rings is 1. The van der Waals surface area contributed by atoms with Crippen molar-refractivity contribution in [2.45, 2.75) is 51.2 Å². The Morgan fingerprint density at radius 3 is 2.80 bits per heavy atom. The third-order valence-corrected chi connectivity index (χ3v) is 3.75. The molecule has 2 fully saturated rings. The molecule has 2 aliphatic heterocycles. The van der Waals surface area contributed by atoms with Gasteiger partial charge in [0, 0.05) is 12.6 Å². The van der Waals surface area contributed by atoms with E-state index in [9.17, 15) is 9.59 Å². The highest BCUT2D eigenvalue weighted by Crippen LogP contribution is 2.14. The Hall–Kier alpha value is -1.14. The van der Waals surface area contributed by atoms with Crippen LogP contribution in [0, 0.1) is 0 Å². The molecule has 2 aliphatic rings. The summed E-state index contributed by atoms with van der Waals surface area (Å²) in [5.41, 5.74) is 0. The fourth-order valence-electron chi connectivity index (χ4n) is 2.73. The molecule has 2 amide bonds. The van der Waals surface area contributed by atoms with Crippen LogP contribution >= 0.6 is 0 Å². The Morgan fingerprint density at radius 2 is 2.15 bits per heavy atom. The molecule has 0 spiro atoms. The first-order chi connectivity index (χ1) is 9.59. The molecule has 0 saturated carbocycles. The van der Waals surface area contributed by atoms with Crippen LogP contribution in [0.1, 0.15) is 33.1 Å². The van der Waals surface area contributed by atoms with Gasteiger partial charge in [0.2, 0.25) is 11.8 Å². The van der Waals surface area contributed by atoms with Crippen LogP contribution in [0.3, 0.4) is 0 Å². The number of carbonyl (C=O) groups excluding carboxylic acids is 2. The number of hydrogen-bond donors (Lipinski definition) is 2. The molecular formula is C14H25N3O3. The van der Waals surface area contributed by atoms with Crippen LogP contribution < -0.4 is 10.6 Å². The quantitative estimate of drug-likeness (QED) is 0.757. The predicted octanol–water partition coefficient (Wildman–Crippen LogP) is -0.119. The van der Waals surface area contributed by atoms with Crippen molar-refractivity contribution in [3.63, 3.8) is 0 Å². The Labute approximate surface area is 120 Å². The Morgan fingerprint density at radius 1 is 1.35 bits per heavy atom. The van der Waals surface area contributed by atoms with Crippen molar-refractivity contribution in [3.05, 3.63) is 0 Å². The van der Waals surface area contributed by atoms with Crippen LogP contribution in [0.2, 0.25) is 0 Å². The first kappa shape index (κ1) is 15.3. The second-order valence-electron chi connectivity index (χ2n) is 5.79. The summed E-state index contributed by atoms with van der Waals surface area (Å²) in [6.45, 7) is 5.99. The summed E-state index contributed by atoms with van der Waals surface area (Å²) < 4.78 is 5.38. The highest BCUT2D eigenvalue weighted by atomic mass is 16.5. The lowest BCUT2D eigenvalue weighted by atomic mass is 10.0. The minimum absolute atomic E-state index is 0.0388. The summed E-state index contributed by atoms with van der Waals surface area (Å²) in [5.74, 6) is -0.0826. The van der Waals surface area contributed by atoms with Crippen LogP contribution in [0.4, 0.5) is 0 Å². The molecule has 20 heavy (non-hydrogen) atoms. The van der Waals surface area contributed by atoms with E-state index in [1.165, 1.54) is 0 Å². The second kappa shape index (κ2) is 7.04. The first-order valence-electron chi connectivity index (χ1n) is 7.51. The van der Waals surface area contributed by atoms with Crippen molar-refractivity contribution in [2.24, 2.45) is 0 Å². The van der Waals surface area contributed by atoms with E-state index in [1.54, 1.807) is 4.90 Å². The summed E-state index contributed by atoms with van der Waals surface area (Å²) in [7, 11) is 0. The molecule has 2 N–H and O–H groups in total. The van der Waals surface area contributed by atoms with Crippen molar-refractivity contribution >= 4 is 11.8 Å². The van der Waals surface area contributed by atoms with Gasteiger partial charge in [-0.15, -0.1) is 0 Å². The topological polar surface area (TPSA) is 70.7 Å². The van der Waals surface area contributed by atoms with Crippen LogP contribution in [0.15, 0.2) is 0 Å². The van der Waals surface area contributed by atoms with Gasteiger partial charge in [-0.05, 0) is 33.2 Å². The summed E-state index contributed by atoms with van der Waals surface area (Å²) in [6, 6.07) is -0.576. The number of nitrogens with one attached hydrogen (secondary N) is 2.